The van der Waals surface area contributed by atoms with Crippen LogP contribution < -0.4 is 0 Å². The number of hydrogen-bond acceptors (Lipinski definition) is 4. The number of hydrogen-bond donors (Lipinski definition) is 0. The summed E-state index contributed by atoms with van der Waals surface area (Å²) in [5.41, 5.74) is 1.13. The zero-order chi connectivity index (χ0) is 11.5. The van der Waals surface area contributed by atoms with Gasteiger partial charge in [0.1, 0.15) is 4.90 Å². The van der Waals surface area contributed by atoms with E-state index in [1.165, 1.54) is 11.8 Å². The highest BCUT2D eigenvalue weighted by Gasteiger charge is 2.16. The fraction of sp³-hybridized carbons (Fsp3) is 0.0909. The molecule has 0 saturated heterocycles. The summed E-state index contributed by atoms with van der Waals surface area (Å²) in [7, 11) is 0. The summed E-state index contributed by atoms with van der Waals surface area (Å²) in [5.74, 6) is 0. The fourth-order valence-electron chi connectivity index (χ4n) is 1.29. The van der Waals surface area contributed by atoms with Gasteiger partial charge in [-0.05, 0) is 30.0 Å². The number of benzene rings is 1. The van der Waals surface area contributed by atoms with E-state index in [1.54, 1.807) is 11.4 Å². The molecule has 1 heterocycles. The summed E-state index contributed by atoms with van der Waals surface area (Å²) in [6, 6.07) is 9.66. The highest BCUT2D eigenvalue weighted by molar-refractivity contribution is 7.99. The predicted molar refractivity (Wildman–Crippen MR) is 66.3 cm³/mol. The third-order valence-corrected chi connectivity index (χ3v) is 4.31. The summed E-state index contributed by atoms with van der Waals surface area (Å²) >= 11 is 2.61. The van der Waals surface area contributed by atoms with Crippen LogP contribution in [-0.4, -0.2) is 4.92 Å². The molecule has 0 fully saturated rings. The van der Waals surface area contributed by atoms with E-state index in [-0.39, 0.29) is 9.92 Å². The van der Waals surface area contributed by atoms with Crippen molar-refractivity contribution in [2.75, 3.05) is 0 Å². The van der Waals surface area contributed by atoms with Crippen LogP contribution in [-0.2, 0) is 0 Å². The largest absolute Gasteiger partial charge is 0.337 e. The molecule has 1 aromatic carbocycles. The maximum Gasteiger partial charge on any atom is 0.337 e. The van der Waals surface area contributed by atoms with Crippen LogP contribution in [0.5, 0.6) is 0 Å². The maximum absolute atomic E-state index is 10.8. The molecule has 1 aromatic heterocycles. The Morgan fingerprint density at radius 1 is 1.25 bits per heavy atom. The lowest BCUT2D eigenvalue weighted by Crippen LogP contribution is -1.85. The van der Waals surface area contributed by atoms with Gasteiger partial charge in [-0.25, -0.2) is 0 Å². The number of thiophene rings is 1. The number of nitrogens with zero attached hydrogens (tertiary/aromatic N) is 1. The summed E-state index contributed by atoms with van der Waals surface area (Å²) in [4.78, 5) is 12.2. The van der Waals surface area contributed by atoms with Gasteiger partial charge in [0.05, 0.1) is 4.92 Å². The van der Waals surface area contributed by atoms with Crippen molar-refractivity contribution < 1.29 is 4.92 Å². The molecule has 0 aliphatic carbocycles. The topological polar surface area (TPSA) is 43.1 Å². The van der Waals surface area contributed by atoms with E-state index in [1.807, 2.05) is 31.2 Å². The van der Waals surface area contributed by atoms with Crippen LogP contribution >= 0.6 is 23.1 Å². The highest BCUT2D eigenvalue weighted by atomic mass is 32.2. The quantitative estimate of drug-likeness (QED) is 0.609. The van der Waals surface area contributed by atoms with Crippen LogP contribution in [0.4, 0.5) is 5.00 Å². The second-order valence-electron chi connectivity index (χ2n) is 3.21. The smallest absolute Gasteiger partial charge is 0.258 e. The van der Waals surface area contributed by atoms with E-state index in [0.717, 1.165) is 21.8 Å². The Balaban J connectivity index is 2.31. The number of rotatable bonds is 3. The van der Waals surface area contributed by atoms with E-state index in [0.29, 0.717) is 4.90 Å². The Hall–Kier alpha value is -1.33. The standard InChI is InChI=1S/C11H9NO2S2/c1-8-4-2-3-5-9(8)16-10-6-7-15-11(10)12(13)14/h2-7H,1H3. The highest BCUT2D eigenvalue weighted by Crippen LogP contribution is 2.39. The van der Waals surface area contributed by atoms with Crippen molar-refractivity contribution >= 4 is 28.1 Å². The zero-order valence-electron chi connectivity index (χ0n) is 8.54. The van der Waals surface area contributed by atoms with Crippen LogP contribution in [0.25, 0.3) is 0 Å². The van der Waals surface area contributed by atoms with Crippen LogP contribution in [0, 0.1) is 17.0 Å². The van der Waals surface area contributed by atoms with E-state index < -0.39 is 0 Å². The second-order valence-corrected chi connectivity index (χ2v) is 5.19. The van der Waals surface area contributed by atoms with Crippen molar-refractivity contribution in [2.24, 2.45) is 0 Å². The summed E-state index contributed by atoms with van der Waals surface area (Å²) < 4.78 is 0. The van der Waals surface area contributed by atoms with Gasteiger partial charge in [0, 0.05) is 4.90 Å². The molecule has 0 aliphatic heterocycles. The maximum atomic E-state index is 10.8. The predicted octanol–water partition coefficient (Wildman–Crippen LogP) is 4.12. The molecule has 16 heavy (non-hydrogen) atoms. The lowest BCUT2D eigenvalue weighted by molar-refractivity contribution is -0.382. The Bertz CT molecular complexity index is 522. The minimum absolute atomic E-state index is 0.216. The van der Waals surface area contributed by atoms with Gasteiger partial charge in [-0.15, -0.1) is 0 Å². The average molecular weight is 251 g/mol. The fourth-order valence-corrected chi connectivity index (χ4v) is 3.16. The minimum Gasteiger partial charge on any atom is -0.258 e. The molecule has 5 heteroatoms. The third kappa shape index (κ3) is 2.25. The number of nitro groups is 1. The van der Waals surface area contributed by atoms with Crippen LogP contribution in [0.2, 0.25) is 0 Å². The second kappa shape index (κ2) is 4.67. The van der Waals surface area contributed by atoms with Gasteiger partial charge in [0.2, 0.25) is 0 Å². The first-order valence-electron chi connectivity index (χ1n) is 4.64. The molecular formula is C11H9NO2S2. The average Bonchev–Trinajstić information content (AvgIpc) is 2.69. The van der Waals surface area contributed by atoms with Gasteiger partial charge in [-0.3, -0.25) is 10.1 Å². The van der Waals surface area contributed by atoms with Crippen LogP contribution in [0.1, 0.15) is 5.56 Å². The molecule has 0 radical (unpaired) electrons. The van der Waals surface area contributed by atoms with Gasteiger partial charge in [0.25, 0.3) is 0 Å². The minimum atomic E-state index is -0.328. The van der Waals surface area contributed by atoms with Crippen molar-refractivity contribution in [3.63, 3.8) is 0 Å². The zero-order valence-corrected chi connectivity index (χ0v) is 10.2. The van der Waals surface area contributed by atoms with Crippen molar-refractivity contribution in [3.8, 4) is 0 Å². The molecule has 0 spiro atoms. The third-order valence-electron chi connectivity index (χ3n) is 2.09. The molecular weight excluding hydrogens is 242 g/mol. The van der Waals surface area contributed by atoms with Crippen molar-refractivity contribution in [3.05, 3.63) is 51.4 Å². The van der Waals surface area contributed by atoms with Crippen molar-refractivity contribution in [2.45, 2.75) is 16.7 Å². The van der Waals surface area contributed by atoms with Gasteiger partial charge in [-0.2, -0.15) is 0 Å². The van der Waals surface area contributed by atoms with E-state index in [2.05, 4.69) is 0 Å². The van der Waals surface area contributed by atoms with Crippen molar-refractivity contribution in [1.82, 2.24) is 0 Å². The lowest BCUT2D eigenvalue weighted by atomic mass is 10.2. The number of aryl methyl sites for hydroxylation is 1. The van der Waals surface area contributed by atoms with Gasteiger partial charge in [0.15, 0.2) is 0 Å². The molecule has 0 N–H and O–H groups in total. The summed E-state index contributed by atoms with van der Waals surface area (Å²) in [6.07, 6.45) is 0. The molecule has 82 valence electrons. The summed E-state index contributed by atoms with van der Waals surface area (Å²) in [5, 5.41) is 12.7. The Labute approximate surface area is 101 Å². The molecule has 0 atom stereocenters. The Morgan fingerprint density at radius 2 is 2.00 bits per heavy atom. The van der Waals surface area contributed by atoms with E-state index in [4.69, 9.17) is 0 Å². The molecule has 3 nitrogen and oxygen atoms in total. The first kappa shape index (κ1) is 11.2. The SMILES string of the molecule is Cc1ccccc1Sc1ccsc1[N+](=O)[O-]. The van der Waals surface area contributed by atoms with E-state index >= 15 is 0 Å². The molecule has 0 amide bonds. The van der Waals surface area contributed by atoms with Gasteiger partial charge >= 0.3 is 5.00 Å². The van der Waals surface area contributed by atoms with E-state index in [9.17, 15) is 10.1 Å². The molecule has 0 bridgehead atoms. The molecule has 2 rings (SSSR count). The monoisotopic (exact) mass is 251 g/mol. The molecule has 0 aliphatic rings. The molecule has 0 saturated carbocycles. The normalized spacial score (nSPS) is 10.3. The Kier molecular flexibility index (Phi) is 3.26. The van der Waals surface area contributed by atoms with Gasteiger partial charge in [-0.1, -0.05) is 41.3 Å². The Morgan fingerprint density at radius 3 is 2.69 bits per heavy atom. The van der Waals surface area contributed by atoms with Gasteiger partial charge < -0.3 is 0 Å². The first-order valence-corrected chi connectivity index (χ1v) is 6.33. The van der Waals surface area contributed by atoms with Crippen LogP contribution in [0.3, 0.4) is 0 Å². The lowest BCUT2D eigenvalue weighted by Gasteiger charge is -2.02. The summed E-state index contributed by atoms with van der Waals surface area (Å²) in [6.45, 7) is 2.00. The first-order chi connectivity index (χ1) is 7.68. The molecule has 2 aromatic rings. The van der Waals surface area contributed by atoms with Crippen LogP contribution in [0.15, 0.2) is 45.5 Å². The molecule has 0 unspecified atom stereocenters. The van der Waals surface area contributed by atoms with Crippen molar-refractivity contribution in [1.29, 1.82) is 0 Å².